The molecule has 2 aliphatic carbocycles. The second-order valence-corrected chi connectivity index (χ2v) is 19.3. The monoisotopic (exact) mass is 904 g/mol. The SMILES string of the molecule is Cc1cc(-c2ccccc2)ccc1N(c1ccc2c(c1)C1(c3ccccc3-c3ccccc31)c1cccc(-c3ccc4c(c3)c3ccccc3n4-c3ccccc3)c1-2)c1ccc(-c2ccccc2)cc1C. The molecule has 0 aliphatic heterocycles. The van der Waals surface area contributed by atoms with Crippen LogP contribution in [0.5, 0.6) is 0 Å². The Morgan fingerprint density at radius 1 is 0.324 bits per heavy atom. The molecule has 0 saturated carbocycles. The Labute approximate surface area is 415 Å². The highest BCUT2D eigenvalue weighted by Crippen LogP contribution is 2.65. The summed E-state index contributed by atoms with van der Waals surface area (Å²) >= 11 is 0. The summed E-state index contributed by atoms with van der Waals surface area (Å²) in [6.45, 7) is 4.52. The van der Waals surface area contributed by atoms with Gasteiger partial charge in [-0.15, -0.1) is 0 Å². The molecule has 71 heavy (non-hydrogen) atoms. The maximum absolute atomic E-state index is 2.53. The highest BCUT2D eigenvalue weighted by molar-refractivity contribution is 6.11. The number of hydrogen-bond donors (Lipinski definition) is 0. The van der Waals surface area contributed by atoms with Crippen LogP contribution in [0.3, 0.4) is 0 Å². The second-order valence-electron chi connectivity index (χ2n) is 19.3. The maximum atomic E-state index is 2.53. The molecule has 12 aromatic rings. The highest BCUT2D eigenvalue weighted by atomic mass is 15.1. The van der Waals surface area contributed by atoms with E-state index in [9.17, 15) is 0 Å². The van der Waals surface area contributed by atoms with Crippen LogP contribution in [0.4, 0.5) is 17.1 Å². The first-order valence-electron chi connectivity index (χ1n) is 24.8. The number of rotatable bonds is 7. The highest BCUT2D eigenvalue weighted by Gasteiger charge is 2.52. The van der Waals surface area contributed by atoms with Gasteiger partial charge in [0.1, 0.15) is 0 Å². The minimum absolute atomic E-state index is 0.554. The fraction of sp³-hybridized carbons (Fsp3) is 0.0435. The van der Waals surface area contributed by atoms with Crippen LogP contribution in [0.1, 0.15) is 33.4 Å². The lowest BCUT2D eigenvalue weighted by atomic mass is 9.70. The minimum atomic E-state index is -0.554. The number of aromatic nitrogens is 1. The first-order chi connectivity index (χ1) is 35.1. The van der Waals surface area contributed by atoms with Gasteiger partial charge in [0.15, 0.2) is 0 Å². The summed E-state index contributed by atoms with van der Waals surface area (Å²) in [4.78, 5) is 2.51. The normalized spacial score (nSPS) is 12.8. The molecule has 1 heterocycles. The molecule has 0 unspecified atom stereocenters. The summed E-state index contributed by atoms with van der Waals surface area (Å²) in [5.74, 6) is 0. The summed E-state index contributed by atoms with van der Waals surface area (Å²) in [6, 6.07) is 94.7. The lowest BCUT2D eigenvalue weighted by Crippen LogP contribution is -2.26. The zero-order chi connectivity index (χ0) is 47.2. The van der Waals surface area contributed by atoms with Crippen LogP contribution >= 0.6 is 0 Å². The van der Waals surface area contributed by atoms with Crippen molar-refractivity contribution in [3.63, 3.8) is 0 Å². The molecule has 1 spiro atoms. The predicted molar refractivity (Wildman–Crippen MR) is 298 cm³/mol. The van der Waals surface area contributed by atoms with Gasteiger partial charge in [0.2, 0.25) is 0 Å². The first kappa shape index (κ1) is 41.0. The molecule has 0 fully saturated rings. The summed E-state index contributed by atoms with van der Waals surface area (Å²) in [5.41, 5.74) is 26.6. The van der Waals surface area contributed by atoms with Crippen molar-refractivity contribution < 1.29 is 0 Å². The third-order valence-electron chi connectivity index (χ3n) is 15.4. The molecule has 0 bridgehead atoms. The van der Waals surface area contributed by atoms with Crippen LogP contribution in [-0.4, -0.2) is 4.57 Å². The first-order valence-corrected chi connectivity index (χ1v) is 24.8. The number of anilines is 3. The molecule has 14 rings (SSSR count). The Morgan fingerprint density at radius 2 is 0.845 bits per heavy atom. The van der Waals surface area contributed by atoms with E-state index in [2.05, 4.69) is 278 Å². The molecule has 0 radical (unpaired) electrons. The molecule has 2 nitrogen and oxygen atoms in total. The van der Waals surface area contributed by atoms with Crippen molar-refractivity contribution in [1.82, 2.24) is 4.57 Å². The number of fused-ring (bicyclic) bond motifs is 13. The van der Waals surface area contributed by atoms with Gasteiger partial charge in [0, 0.05) is 33.5 Å². The number of nitrogens with zero attached hydrogens (tertiary/aromatic N) is 2. The maximum Gasteiger partial charge on any atom is 0.0726 e. The van der Waals surface area contributed by atoms with E-state index in [1.54, 1.807) is 0 Å². The zero-order valence-corrected chi connectivity index (χ0v) is 39.6. The molecule has 11 aromatic carbocycles. The minimum Gasteiger partial charge on any atom is -0.310 e. The Bertz CT molecular complexity index is 3930. The third-order valence-corrected chi connectivity index (χ3v) is 15.4. The largest absolute Gasteiger partial charge is 0.310 e. The standard InChI is InChI=1S/C69H48N2/c1-45-41-49(47-19-6-3-7-20-47)33-38-64(45)71(65-39-34-50(42-46(65)2)48-21-8-4-9-22-48)53-36-37-58-63(44-53)69(60-29-15-12-25-55(60)56-26-13-16-30-61(56)69)62-31-18-28-54(68(58)62)51-35-40-67-59(43-51)57-27-14-17-32-66(57)70(67)52-23-10-5-11-24-52/h3-44H,1-2H3. The van der Waals surface area contributed by atoms with Gasteiger partial charge in [0.05, 0.1) is 16.4 Å². The van der Waals surface area contributed by atoms with Crippen molar-refractivity contribution in [1.29, 1.82) is 0 Å². The van der Waals surface area contributed by atoms with Gasteiger partial charge in [-0.25, -0.2) is 0 Å². The Hall–Kier alpha value is -8.98. The van der Waals surface area contributed by atoms with E-state index in [0.29, 0.717) is 0 Å². The molecule has 334 valence electrons. The average Bonchev–Trinajstić information content (AvgIpc) is 4.05. The van der Waals surface area contributed by atoms with E-state index in [4.69, 9.17) is 0 Å². The van der Waals surface area contributed by atoms with Gasteiger partial charge in [0.25, 0.3) is 0 Å². The molecule has 2 heteroatoms. The molecule has 0 atom stereocenters. The van der Waals surface area contributed by atoms with Crippen molar-refractivity contribution in [2.45, 2.75) is 19.3 Å². The smallest absolute Gasteiger partial charge is 0.0726 e. The fourth-order valence-corrected chi connectivity index (χ4v) is 12.4. The van der Waals surface area contributed by atoms with Crippen LogP contribution in [-0.2, 0) is 5.41 Å². The van der Waals surface area contributed by atoms with E-state index in [1.165, 1.54) is 111 Å². The number of hydrogen-bond acceptors (Lipinski definition) is 1. The molecule has 0 saturated heterocycles. The Balaban J connectivity index is 1.02. The lowest BCUT2D eigenvalue weighted by molar-refractivity contribution is 0.794. The number of benzene rings is 11. The van der Waals surface area contributed by atoms with Crippen molar-refractivity contribution in [2.75, 3.05) is 4.90 Å². The van der Waals surface area contributed by atoms with Gasteiger partial charge >= 0.3 is 0 Å². The zero-order valence-electron chi connectivity index (χ0n) is 39.6. The Morgan fingerprint density at radius 3 is 1.48 bits per heavy atom. The van der Waals surface area contributed by atoms with Crippen LogP contribution < -0.4 is 4.90 Å². The van der Waals surface area contributed by atoms with E-state index >= 15 is 0 Å². The molecule has 0 N–H and O–H groups in total. The molecular weight excluding hydrogens is 857 g/mol. The van der Waals surface area contributed by atoms with E-state index in [-0.39, 0.29) is 0 Å². The summed E-state index contributed by atoms with van der Waals surface area (Å²) < 4.78 is 2.40. The van der Waals surface area contributed by atoms with Crippen molar-refractivity contribution in [3.8, 4) is 61.3 Å². The molecule has 0 amide bonds. The quantitative estimate of drug-likeness (QED) is 0.155. The average molecular weight is 905 g/mol. The van der Waals surface area contributed by atoms with Crippen LogP contribution in [0.2, 0.25) is 0 Å². The summed E-state index contributed by atoms with van der Waals surface area (Å²) in [6.07, 6.45) is 0. The lowest BCUT2D eigenvalue weighted by Gasteiger charge is -2.33. The van der Waals surface area contributed by atoms with Crippen molar-refractivity contribution >= 4 is 38.9 Å². The number of aryl methyl sites for hydroxylation is 2. The topological polar surface area (TPSA) is 8.17 Å². The van der Waals surface area contributed by atoms with Crippen molar-refractivity contribution in [3.05, 3.63) is 288 Å². The van der Waals surface area contributed by atoms with Gasteiger partial charge in [-0.05, 0) is 170 Å². The molecule has 1 aromatic heterocycles. The Kier molecular flexibility index (Phi) is 9.28. The predicted octanol–water partition coefficient (Wildman–Crippen LogP) is 18.2. The van der Waals surface area contributed by atoms with Gasteiger partial charge in [-0.2, -0.15) is 0 Å². The molecular formula is C69H48N2. The van der Waals surface area contributed by atoms with Crippen LogP contribution in [0.15, 0.2) is 255 Å². The van der Waals surface area contributed by atoms with Gasteiger partial charge in [-0.1, -0.05) is 188 Å². The summed E-state index contributed by atoms with van der Waals surface area (Å²) in [5, 5.41) is 2.50. The third kappa shape index (κ3) is 6.14. The van der Waals surface area contributed by atoms with E-state index < -0.39 is 5.41 Å². The van der Waals surface area contributed by atoms with Gasteiger partial charge in [-0.3, -0.25) is 0 Å². The summed E-state index contributed by atoms with van der Waals surface area (Å²) in [7, 11) is 0. The fourth-order valence-electron chi connectivity index (χ4n) is 12.4. The second kappa shape index (κ2) is 16.1. The van der Waals surface area contributed by atoms with Gasteiger partial charge < -0.3 is 9.47 Å². The van der Waals surface area contributed by atoms with Crippen LogP contribution in [0.25, 0.3) is 83.1 Å². The molecule has 2 aliphatic rings. The van der Waals surface area contributed by atoms with Crippen LogP contribution in [0, 0.1) is 13.8 Å². The van der Waals surface area contributed by atoms with E-state index in [0.717, 1.165) is 22.7 Å². The number of para-hydroxylation sites is 2. The van der Waals surface area contributed by atoms with E-state index in [1.807, 2.05) is 0 Å². The van der Waals surface area contributed by atoms with Crippen molar-refractivity contribution in [2.24, 2.45) is 0 Å².